The van der Waals surface area contributed by atoms with Crippen molar-refractivity contribution < 1.29 is 9.13 Å². The molecule has 1 aliphatic carbocycles. The van der Waals surface area contributed by atoms with Gasteiger partial charge < -0.3 is 4.74 Å². The minimum Gasteiger partial charge on any atom is -0.375 e. The van der Waals surface area contributed by atoms with Crippen LogP contribution in [-0.4, -0.2) is 18.9 Å². The third-order valence-electron chi connectivity index (χ3n) is 1.94. The number of nitriles is 1. The molecule has 1 aliphatic rings. The fraction of sp³-hybridized carbons (Fsp3) is 0.667. The molecule has 0 aromatic rings. The second kappa shape index (κ2) is 4.22. The Morgan fingerprint density at radius 1 is 1.83 bits per heavy atom. The van der Waals surface area contributed by atoms with E-state index < -0.39 is 12.3 Å². The molecule has 0 radical (unpaired) electrons. The van der Waals surface area contributed by atoms with Crippen LogP contribution >= 0.6 is 0 Å². The van der Waals surface area contributed by atoms with Crippen LogP contribution < -0.4 is 0 Å². The lowest BCUT2D eigenvalue weighted by Crippen LogP contribution is -2.28. The van der Waals surface area contributed by atoms with Crippen LogP contribution in [0, 0.1) is 11.3 Å². The zero-order valence-electron chi connectivity index (χ0n) is 7.09. The van der Waals surface area contributed by atoms with Crippen LogP contribution in [0.5, 0.6) is 0 Å². The van der Waals surface area contributed by atoms with E-state index in [0.29, 0.717) is 25.0 Å². The summed E-state index contributed by atoms with van der Waals surface area (Å²) < 4.78 is 18.2. The van der Waals surface area contributed by atoms with Crippen LogP contribution in [0.2, 0.25) is 0 Å². The zero-order chi connectivity index (χ0) is 8.97. The lowest BCUT2D eigenvalue weighted by molar-refractivity contribution is 0.00276. The number of alkyl halides is 1. The van der Waals surface area contributed by atoms with Crippen molar-refractivity contribution in [1.82, 2.24) is 0 Å². The molecule has 0 bridgehead atoms. The maximum absolute atomic E-state index is 13.1. The van der Waals surface area contributed by atoms with Gasteiger partial charge in [-0.2, -0.15) is 5.26 Å². The minimum atomic E-state index is -0.943. The molecule has 0 aromatic heterocycles. The van der Waals surface area contributed by atoms with Gasteiger partial charge in [0.15, 0.2) is 0 Å². The predicted octanol–water partition coefficient (Wildman–Crippen LogP) is 1.97. The first-order valence-corrected chi connectivity index (χ1v) is 4.12. The normalized spacial score (nSPS) is 29.2. The van der Waals surface area contributed by atoms with Gasteiger partial charge in [0, 0.05) is 25.0 Å². The van der Waals surface area contributed by atoms with E-state index in [4.69, 9.17) is 10.00 Å². The first kappa shape index (κ1) is 9.21. The van der Waals surface area contributed by atoms with Gasteiger partial charge in [0.2, 0.25) is 0 Å². The fourth-order valence-corrected chi connectivity index (χ4v) is 1.30. The van der Waals surface area contributed by atoms with Crippen molar-refractivity contribution in [2.75, 3.05) is 6.61 Å². The summed E-state index contributed by atoms with van der Waals surface area (Å²) >= 11 is 0. The monoisotopic (exact) mass is 169 g/mol. The summed E-state index contributed by atoms with van der Waals surface area (Å²) in [5, 5.41) is 8.57. The Morgan fingerprint density at radius 3 is 3.17 bits per heavy atom. The Labute approximate surface area is 71.6 Å². The fourth-order valence-electron chi connectivity index (χ4n) is 1.30. The summed E-state index contributed by atoms with van der Waals surface area (Å²) in [5.74, 6) is 0. The highest BCUT2D eigenvalue weighted by molar-refractivity contribution is 5.24. The highest BCUT2D eigenvalue weighted by atomic mass is 19.1. The maximum atomic E-state index is 13.1. The van der Waals surface area contributed by atoms with E-state index in [1.165, 1.54) is 0 Å². The molecule has 0 saturated heterocycles. The minimum absolute atomic E-state index is 0.313. The molecule has 0 heterocycles. The topological polar surface area (TPSA) is 33.0 Å². The Balaban J connectivity index is 2.55. The molecule has 2 unspecified atom stereocenters. The molecule has 3 heteroatoms. The number of hydrogen-bond donors (Lipinski definition) is 0. The van der Waals surface area contributed by atoms with Gasteiger partial charge in [0.05, 0.1) is 12.2 Å². The van der Waals surface area contributed by atoms with Crippen molar-refractivity contribution in [3.63, 3.8) is 0 Å². The second-order valence-corrected chi connectivity index (χ2v) is 2.79. The Bertz CT molecular complexity index is 219. The van der Waals surface area contributed by atoms with Crippen molar-refractivity contribution >= 4 is 0 Å². The van der Waals surface area contributed by atoms with E-state index in [-0.39, 0.29) is 0 Å². The smallest absolute Gasteiger partial charge is 0.130 e. The van der Waals surface area contributed by atoms with E-state index in [0.717, 1.165) is 0 Å². The second-order valence-electron chi connectivity index (χ2n) is 2.79. The molecular weight excluding hydrogens is 157 g/mol. The highest BCUT2D eigenvalue weighted by Gasteiger charge is 2.25. The molecule has 2 nitrogen and oxygen atoms in total. The standard InChI is InChI=1S/C9H12FNO/c1-2-12-9-5-7(6-11)3-4-8(9)10/h3,8-9H,2,4-5H2,1H3. The van der Waals surface area contributed by atoms with Gasteiger partial charge in [-0.1, -0.05) is 6.08 Å². The predicted molar refractivity (Wildman–Crippen MR) is 43.2 cm³/mol. The first-order chi connectivity index (χ1) is 5.77. The summed E-state index contributed by atoms with van der Waals surface area (Å²) in [6.07, 6.45) is 1.04. The molecule has 0 N–H and O–H groups in total. The lowest BCUT2D eigenvalue weighted by atomic mass is 9.96. The van der Waals surface area contributed by atoms with Gasteiger partial charge in [-0.15, -0.1) is 0 Å². The van der Waals surface area contributed by atoms with Gasteiger partial charge in [-0.25, -0.2) is 4.39 Å². The number of allylic oxidation sites excluding steroid dienone is 1. The average molecular weight is 169 g/mol. The maximum Gasteiger partial charge on any atom is 0.130 e. The van der Waals surface area contributed by atoms with Crippen molar-refractivity contribution in [1.29, 1.82) is 5.26 Å². The Morgan fingerprint density at radius 2 is 2.58 bits per heavy atom. The van der Waals surface area contributed by atoms with Crippen LogP contribution in [0.4, 0.5) is 4.39 Å². The molecule has 0 aromatic carbocycles. The van der Waals surface area contributed by atoms with Crippen LogP contribution in [0.1, 0.15) is 19.8 Å². The SMILES string of the molecule is CCOC1CC(C#N)=CCC1F. The van der Waals surface area contributed by atoms with Gasteiger partial charge >= 0.3 is 0 Å². The zero-order valence-corrected chi connectivity index (χ0v) is 7.09. The number of nitrogens with zero attached hydrogens (tertiary/aromatic N) is 1. The molecule has 0 fully saturated rings. The molecule has 2 atom stereocenters. The summed E-state index contributed by atoms with van der Waals surface area (Å²) in [7, 11) is 0. The van der Waals surface area contributed by atoms with E-state index in [1.54, 1.807) is 6.08 Å². The van der Waals surface area contributed by atoms with Crippen molar-refractivity contribution in [2.24, 2.45) is 0 Å². The van der Waals surface area contributed by atoms with Crippen LogP contribution in [0.15, 0.2) is 11.6 Å². The molecule has 0 aliphatic heterocycles. The lowest BCUT2D eigenvalue weighted by Gasteiger charge is -2.23. The third kappa shape index (κ3) is 2.05. The molecule has 0 spiro atoms. The summed E-state index contributed by atoms with van der Waals surface area (Å²) in [6.45, 7) is 2.33. The Hall–Kier alpha value is -0.880. The third-order valence-corrected chi connectivity index (χ3v) is 1.94. The van der Waals surface area contributed by atoms with E-state index >= 15 is 0 Å². The van der Waals surface area contributed by atoms with E-state index in [9.17, 15) is 4.39 Å². The van der Waals surface area contributed by atoms with Gasteiger partial charge in [0.25, 0.3) is 0 Å². The van der Waals surface area contributed by atoms with Crippen LogP contribution in [0.25, 0.3) is 0 Å². The molecule has 0 saturated carbocycles. The molecule has 66 valence electrons. The van der Waals surface area contributed by atoms with E-state index in [2.05, 4.69) is 0 Å². The molecular formula is C9H12FNO. The number of ether oxygens (including phenoxy) is 1. The van der Waals surface area contributed by atoms with Crippen molar-refractivity contribution in [3.05, 3.63) is 11.6 Å². The summed E-state index contributed by atoms with van der Waals surface area (Å²) in [5.41, 5.74) is 0.641. The first-order valence-electron chi connectivity index (χ1n) is 4.12. The highest BCUT2D eigenvalue weighted by Crippen LogP contribution is 2.23. The van der Waals surface area contributed by atoms with Crippen LogP contribution in [-0.2, 0) is 4.74 Å². The van der Waals surface area contributed by atoms with Crippen molar-refractivity contribution in [3.8, 4) is 6.07 Å². The summed E-state index contributed by atoms with van der Waals surface area (Å²) in [6, 6.07) is 2.03. The number of halogens is 1. The van der Waals surface area contributed by atoms with Crippen LogP contribution in [0.3, 0.4) is 0 Å². The summed E-state index contributed by atoms with van der Waals surface area (Å²) in [4.78, 5) is 0. The number of rotatable bonds is 2. The Kier molecular flexibility index (Phi) is 3.24. The molecule has 0 amide bonds. The van der Waals surface area contributed by atoms with E-state index in [1.807, 2.05) is 13.0 Å². The quantitative estimate of drug-likeness (QED) is 0.633. The molecule has 1 rings (SSSR count). The molecule has 12 heavy (non-hydrogen) atoms. The van der Waals surface area contributed by atoms with Crippen molar-refractivity contribution in [2.45, 2.75) is 32.0 Å². The van der Waals surface area contributed by atoms with Gasteiger partial charge in [-0.05, 0) is 6.92 Å². The van der Waals surface area contributed by atoms with Gasteiger partial charge in [0.1, 0.15) is 6.17 Å². The average Bonchev–Trinajstić information content (AvgIpc) is 2.09. The van der Waals surface area contributed by atoms with Gasteiger partial charge in [-0.3, -0.25) is 0 Å². The number of hydrogen-bond acceptors (Lipinski definition) is 2. The largest absolute Gasteiger partial charge is 0.375 e.